The molecule has 0 fully saturated rings. The summed E-state index contributed by atoms with van der Waals surface area (Å²) in [5.74, 6) is 2.22. The van der Waals surface area contributed by atoms with Gasteiger partial charge in [-0.3, -0.25) is 4.40 Å². The molecule has 0 saturated heterocycles. The minimum absolute atomic E-state index is 0.261. The minimum atomic E-state index is 0.261. The van der Waals surface area contributed by atoms with Crippen LogP contribution in [0.15, 0.2) is 48.8 Å². The number of aromatic amines is 1. The number of hydrogen-bond donors (Lipinski definition) is 1. The molecule has 5 nitrogen and oxygen atoms in total. The number of ether oxygens (including phenoxy) is 2. The van der Waals surface area contributed by atoms with E-state index in [0.717, 1.165) is 38.5 Å². The van der Waals surface area contributed by atoms with Crippen molar-refractivity contribution >= 4 is 18.0 Å². The first-order valence-corrected chi connectivity index (χ1v) is 9.08. The fourth-order valence-electron chi connectivity index (χ4n) is 3.50. The largest absolute Gasteiger partial charge is 0.454 e. The van der Waals surface area contributed by atoms with E-state index in [-0.39, 0.29) is 6.79 Å². The molecule has 0 amide bonds. The number of nitrogens with one attached hydrogen (secondary N) is 1. The average molecular weight is 375 g/mol. The molecule has 0 atom stereocenters. The fourth-order valence-corrected chi connectivity index (χ4v) is 3.81. The number of H-pyrrole nitrogens is 1. The van der Waals surface area contributed by atoms with Crippen LogP contribution >= 0.6 is 12.2 Å². The van der Waals surface area contributed by atoms with Gasteiger partial charge in [0.2, 0.25) is 12.6 Å². The van der Waals surface area contributed by atoms with Crippen molar-refractivity contribution in [3.63, 3.8) is 0 Å². The van der Waals surface area contributed by atoms with Gasteiger partial charge in [-0.05, 0) is 37.6 Å². The number of fused-ring (bicyclic) bond motifs is 2. The lowest BCUT2D eigenvalue weighted by atomic mass is 10.0. The standard InChI is InChI=1S/C21H17N3O2S/c1-12-5-13(2)7-15(6-12)16-9-22-21-23-17(10-24(21)20(16)27)14-3-4-18-19(8-14)26-11-25-18/h3-10H,11H2,1-2H3,(H,22,23). The first kappa shape index (κ1) is 16.1. The van der Waals surface area contributed by atoms with Gasteiger partial charge in [-0.15, -0.1) is 0 Å². The lowest BCUT2D eigenvalue weighted by Crippen LogP contribution is -1.93. The summed E-state index contributed by atoms with van der Waals surface area (Å²) in [6, 6.07) is 12.3. The molecule has 0 bridgehead atoms. The monoisotopic (exact) mass is 375 g/mol. The summed E-state index contributed by atoms with van der Waals surface area (Å²) in [7, 11) is 0. The Labute approximate surface area is 161 Å². The quantitative estimate of drug-likeness (QED) is 0.497. The summed E-state index contributed by atoms with van der Waals surface area (Å²) in [6.07, 6.45) is 3.82. The Bertz CT molecular complexity index is 1240. The van der Waals surface area contributed by atoms with Crippen LogP contribution in [0, 0.1) is 18.5 Å². The summed E-state index contributed by atoms with van der Waals surface area (Å²) in [5, 5.41) is 0. The molecule has 0 saturated carbocycles. The smallest absolute Gasteiger partial charge is 0.231 e. The van der Waals surface area contributed by atoms with Crippen LogP contribution in [-0.4, -0.2) is 21.2 Å². The molecule has 1 aliphatic heterocycles. The topological polar surface area (TPSA) is 51.5 Å². The van der Waals surface area contributed by atoms with Crippen molar-refractivity contribution in [3.8, 4) is 33.9 Å². The molecule has 5 rings (SSSR count). The predicted octanol–water partition coefficient (Wildman–Crippen LogP) is 5.07. The van der Waals surface area contributed by atoms with E-state index >= 15 is 0 Å². The van der Waals surface area contributed by atoms with Crippen molar-refractivity contribution in [2.75, 3.05) is 6.79 Å². The van der Waals surface area contributed by atoms with E-state index in [9.17, 15) is 0 Å². The van der Waals surface area contributed by atoms with Gasteiger partial charge in [-0.25, -0.2) is 4.98 Å². The molecule has 0 spiro atoms. The SMILES string of the molecule is Cc1cc(C)cc(-c2cnc3[nH]c(-c4ccc5c(c4)OCO5)cn3c2=S)c1. The Kier molecular flexibility index (Phi) is 3.55. The molecule has 2 aromatic carbocycles. The number of aryl methyl sites for hydroxylation is 2. The molecular formula is C21H17N3O2S. The number of hydrogen-bond acceptors (Lipinski definition) is 4. The molecule has 0 unspecified atom stereocenters. The molecule has 3 heterocycles. The summed E-state index contributed by atoms with van der Waals surface area (Å²) in [4.78, 5) is 7.92. The molecule has 2 aromatic heterocycles. The van der Waals surface area contributed by atoms with Gasteiger partial charge in [-0.1, -0.05) is 41.5 Å². The molecule has 27 heavy (non-hydrogen) atoms. The molecule has 4 aromatic rings. The molecule has 6 heteroatoms. The van der Waals surface area contributed by atoms with E-state index < -0.39 is 0 Å². The van der Waals surface area contributed by atoms with Gasteiger partial charge in [0.15, 0.2) is 11.5 Å². The van der Waals surface area contributed by atoms with Crippen LogP contribution in [-0.2, 0) is 0 Å². The van der Waals surface area contributed by atoms with E-state index in [1.54, 1.807) is 0 Å². The highest BCUT2D eigenvalue weighted by atomic mass is 32.1. The Morgan fingerprint density at radius 3 is 2.59 bits per heavy atom. The van der Waals surface area contributed by atoms with E-state index in [2.05, 4.69) is 42.0 Å². The van der Waals surface area contributed by atoms with Crippen LogP contribution in [0.2, 0.25) is 0 Å². The van der Waals surface area contributed by atoms with E-state index in [0.29, 0.717) is 5.78 Å². The minimum Gasteiger partial charge on any atom is -0.454 e. The zero-order chi connectivity index (χ0) is 18.5. The van der Waals surface area contributed by atoms with Crippen molar-refractivity contribution in [1.29, 1.82) is 0 Å². The Morgan fingerprint density at radius 1 is 1.00 bits per heavy atom. The Balaban J connectivity index is 1.64. The molecule has 0 radical (unpaired) electrons. The first-order chi connectivity index (χ1) is 13.1. The second-order valence-electron chi connectivity index (χ2n) is 6.78. The molecule has 1 aliphatic rings. The second-order valence-corrected chi connectivity index (χ2v) is 7.17. The maximum absolute atomic E-state index is 5.76. The van der Waals surface area contributed by atoms with Gasteiger partial charge < -0.3 is 14.5 Å². The lowest BCUT2D eigenvalue weighted by Gasteiger charge is -2.06. The number of rotatable bonds is 2. The van der Waals surface area contributed by atoms with Crippen LogP contribution in [0.4, 0.5) is 0 Å². The lowest BCUT2D eigenvalue weighted by molar-refractivity contribution is 0.174. The summed E-state index contributed by atoms with van der Waals surface area (Å²) < 4.78 is 13.5. The number of benzene rings is 2. The number of imidazole rings is 1. The molecular weight excluding hydrogens is 358 g/mol. The summed E-state index contributed by atoms with van der Waals surface area (Å²) in [6.45, 7) is 4.44. The maximum atomic E-state index is 5.76. The molecule has 134 valence electrons. The molecule has 0 aliphatic carbocycles. The highest BCUT2D eigenvalue weighted by molar-refractivity contribution is 7.71. The van der Waals surface area contributed by atoms with Gasteiger partial charge in [0.1, 0.15) is 4.64 Å². The highest BCUT2D eigenvalue weighted by Gasteiger charge is 2.15. The van der Waals surface area contributed by atoms with Gasteiger partial charge in [0, 0.05) is 23.5 Å². The Morgan fingerprint density at radius 2 is 1.78 bits per heavy atom. The maximum Gasteiger partial charge on any atom is 0.231 e. The first-order valence-electron chi connectivity index (χ1n) is 8.67. The number of nitrogens with zero attached hydrogens (tertiary/aromatic N) is 2. The third-order valence-electron chi connectivity index (χ3n) is 4.71. The van der Waals surface area contributed by atoms with Crippen molar-refractivity contribution in [3.05, 3.63) is 64.6 Å². The van der Waals surface area contributed by atoms with E-state index in [4.69, 9.17) is 21.7 Å². The van der Waals surface area contributed by atoms with Crippen molar-refractivity contribution in [2.24, 2.45) is 0 Å². The highest BCUT2D eigenvalue weighted by Crippen LogP contribution is 2.35. The van der Waals surface area contributed by atoms with Crippen LogP contribution in [0.1, 0.15) is 11.1 Å². The third kappa shape index (κ3) is 2.69. The zero-order valence-electron chi connectivity index (χ0n) is 14.9. The van der Waals surface area contributed by atoms with E-state index in [1.165, 1.54) is 11.1 Å². The normalized spacial score (nSPS) is 12.7. The van der Waals surface area contributed by atoms with Crippen LogP contribution in [0.3, 0.4) is 0 Å². The van der Waals surface area contributed by atoms with Crippen molar-refractivity contribution in [2.45, 2.75) is 13.8 Å². The molecule has 1 N–H and O–H groups in total. The zero-order valence-corrected chi connectivity index (χ0v) is 15.8. The van der Waals surface area contributed by atoms with Gasteiger partial charge in [0.05, 0.1) is 5.69 Å². The van der Waals surface area contributed by atoms with Gasteiger partial charge in [-0.2, -0.15) is 0 Å². The summed E-state index contributed by atoms with van der Waals surface area (Å²) in [5.41, 5.74) is 6.37. The fraction of sp³-hybridized carbons (Fsp3) is 0.143. The van der Waals surface area contributed by atoms with Crippen LogP contribution in [0.25, 0.3) is 28.2 Å². The van der Waals surface area contributed by atoms with Crippen molar-refractivity contribution < 1.29 is 9.47 Å². The van der Waals surface area contributed by atoms with Crippen LogP contribution < -0.4 is 9.47 Å². The third-order valence-corrected chi connectivity index (χ3v) is 5.13. The second kappa shape index (κ2) is 5.96. The average Bonchev–Trinajstić information content (AvgIpc) is 3.27. The Hall–Kier alpha value is -3.12. The van der Waals surface area contributed by atoms with Gasteiger partial charge in [0.25, 0.3) is 0 Å². The van der Waals surface area contributed by atoms with Crippen molar-refractivity contribution in [1.82, 2.24) is 14.4 Å². The van der Waals surface area contributed by atoms with Gasteiger partial charge >= 0.3 is 0 Å². The predicted molar refractivity (Wildman–Crippen MR) is 107 cm³/mol. The number of aromatic nitrogens is 3. The summed E-state index contributed by atoms with van der Waals surface area (Å²) >= 11 is 5.76. The van der Waals surface area contributed by atoms with E-state index in [1.807, 2.05) is 35.0 Å². The van der Waals surface area contributed by atoms with Crippen LogP contribution in [0.5, 0.6) is 11.5 Å².